The lowest BCUT2D eigenvalue weighted by Gasteiger charge is -2.29. The Hall–Kier alpha value is -7.09. The molecule has 0 unspecified atom stereocenters. The maximum Gasteiger partial charge on any atom is 0.0702 e. The quantitative estimate of drug-likeness (QED) is 0.136. The van der Waals surface area contributed by atoms with Gasteiger partial charge in [-0.25, -0.2) is 0 Å². The van der Waals surface area contributed by atoms with Gasteiger partial charge in [0.25, 0.3) is 0 Å². The van der Waals surface area contributed by atoms with Crippen molar-refractivity contribution in [3.05, 3.63) is 224 Å². The van der Waals surface area contributed by atoms with E-state index in [0.717, 1.165) is 39.9 Å². The average Bonchev–Trinajstić information content (AvgIpc) is 3.29. The van der Waals surface area contributed by atoms with Gasteiger partial charge in [-0.1, -0.05) is 208 Å². The SMILES string of the molecule is CC(C)Cc1ccc(-c2cccc(-c3c(-c4ccccc4)c(-c4ccccc4)c(-c4ccccc4)c(-c4ccccc4)c3-c3cccc(-c4ccccc4)c3)c2)nc1. The number of benzene rings is 8. The van der Waals surface area contributed by atoms with E-state index >= 15 is 0 Å². The normalized spacial score (nSPS) is 11.2. The van der Waals surface area contributed by atoms with Crippen LogP contribution in [0, 0.1) is 5.92 Å². The Labute approximate surface area is 343 Å². The maximum absolute atomic E-state index is 5.03. The van der Waals surface area contributed by atoms with Crippen molar-refractivity contribution < 1.29 is 0 Å². The van der Waals surface area contributed by atoms with Gasteiger partial charge in [0.1, 0.15) is 0 Å². The molecule has 1 heteroatoms. The smallest absolute Gasteiger partial charge is 0.0702 e. The molecule has 0 aliphatic carbocycles. The van der Waals surface area contributed by atoms with E-state index in [1.54, 1.807) is 0 Å². The van der Waals surface area contributed by atoms with Crippen LogP contribution in [0.15, 0.2) is 219 Å². The minimum atomic E-state index is 0.572. The molecule has 0 aliphatic heterocycles. The molecule has 0 saturated heterocycles. The fourth-order valence-electron chi connectivity index (χ4n) is 8.41. The summed E-state index contributed by atoms with van der Waals surface area (Å²) in [4.78, 5) is 5.03. The first-order valence-electron chi connectivity index (χ1n) is 20.3. The predicted octanol–water partition coefficient (Wildman–Crippen LogP) is 15.6. The molecule has 0 atom stereocenters. The third-order valence-electron chi connectivity index (χ3n) is 10.9. The van der Waals surface area contributed by atoms with Crippen molar-refractivity contribution in [3.63, 3.8) is 0 Å². The lowest BCUT2D eigenvalue weighted by molar-refractivity contribution is 0.646. The molecule has 1 nitrogen and oxygen atoms in total. The molecular formula is C57H45N. The molecule has 0 aliphatic rings. The van der Waals surface area contributed by atoms with Crippen LogP contribution in [0.5, 0.6) is 0 Å². The molecule has 0 fully saturated rings. The molecule has 1 aromatic heterocycles. The van der Waals surface area contributed by atoms with Gasteiger partial charge in [0.2, 0.25) is 0 Å². The lowest BCUT2D eigenvalue weighted by Crippen LogP contribution is -2.02. The zero-order valence-corrected chi connectivity index (χ0v) is 33.0. The van der Waals surface area contributed by atoms with Gasteiger partial charge < -0.3 is 0 Å². The van der Waals surface area contributed by atoms with Crippen LogP contribution in [0.2, 0.25) is 0 Å². The van der Waals surface area contributed by atoms with E-state index in [9.17, 15) is 0 Å². The number of pyridine rings is 1. The van der Waals surface area contributed by atoms with E-state index in [-0.39, 0.29) is 0 Å². The minimum absolute atomic E-state index is 0.572. The summed E-state index contributed by atoms with van der Waals surface area (Å²) in [6.45, 7) is 4.51. The van der Waals surface area contributed by atoms with E-state index < -0.39 is 0 Å². The second kappa shape index (κ2) is 16.6. The van der Waals surface area contributed by atoms with E-state index in [1.807, 2.05) is 6.20 Å². The van der Waals surface area contributed by atoms with Crippen LogP contribution in [0.1, 0.15) is 19.4 Å². The first-order chi connectivity index (χ1) is 28.6. The molecule has 0 amide bonds. The van der Waals surface area contributed by atoms with Crippen LogP contribution in [-0.4, -0.2) is 4.98 Å². The molecule has 0 saturated carbocycles. The lowest BCUT2D eigenvalue weighted by atomic mass is 9.74. The van der Waals surface area contributed by atoms with Crippen molar-refractivity contribution in [2.75, 3.05) is 0 Å². The zero-order chi connectivity index (χ0) is 39.3. The number of hydrogen-bond donors (Lipinski definition) is 0. The Kier molecular flexibility index (Phi) is 10.4. The second-order valence-electron chi connectivity index (χ2n) is 15.4. The Morgan fingerprint density at radius 2 is 0.638 bits per heavy atom. The molecule has 9 aromatic rings. The topological polar surface area (TPSA) is 12.9 Å². The predicted molar refractivity (Wildman–Crippen MR) is 246 cm³/mol. The molecule has 8 aromatic carbocycles. The summed E-state index contributed by atoms with van der Waals surface area (Å²) in [5, 5.41) is 0. The summed E-state index contributed by atoms with van der Waals surface area (Å²) in [5.41, 5.74) is 19.8. The fourth-order valence-corrected chi connectivity index (χ4v) is 8.41. The number of aromatic nitrogens is 1. The number of hydrogen-bond acceptors (Lipinski definition) is 1. The first kappa shape index (κ1) is 36.5. The second-order valence-corrected chi connectivity index (χ2v) is 15.4. The van der Waals surface area contributed by atoms with Crippen molar-refractivity contribution in [1.82, 2.24) is 4.98 Å². The Morgan fingerprint density at radius 3 is 1.02 bits per heavy atom. The third-order valence-corrected chi connectivity index (χ3v) is 10.9. The standard InChI is InChI=1S/C57H45N/c1-40(2)36-41-34-35-51(58-39-41)48-31-19-33-50(38-48)57-55(46-28-16-7-17-29-46)53(44-24-12-5-13-25-44)52(43-22-10-4-11-23-43)54(45-26-14-6-15-27-45)56(57)49-32-18-30-47(37-49)42-20-8-3-9-21-42/h3-35,37-40H,36H2,1-2H3. The van der Waals surface area contributed by atoms with Crippen LogP contribution < -0.4 is 0 Å². The highest BCUT2D eigenvalue weighted by atomic mass is 14.7. The van der Waals surface area contributed by atoms with Crippen LogP contribution in [0.3, 0.4) is 0 Å². The molecule has 1 heterocycles. The molecule has 0 radical (unpaired) electrons. The fraction of sp³-hybridized carbons (Fsp3) is 0.0702. The summed E-state index contributed by atoms with van der Waals surface area (Å²) in [5.74, 6) is 0.572. The molecule has 0 N–H and O–H groups in total. The average molecular weight is 744 g/mol. The van der Waals surface area contributed by atoms with Gasteiger partial charge in [0, 0.05) is 11.8 Å². The Morgan fingerprint density at radius 1 is 0.310 bits per heavy atom. The molecule has 0 spiro atoms. The summed E-state index contributed by atoms with van der Waals surface area (Å²) in [6, 6.07) is 77.2. The number of rotatable bonds is 10. The Bertz CT molecular complexity index is 2770. The van der Waals surface area contributed by atoms with Crippen molar-refractivity contribution >= 4 is 0 Å². The van der Waals surface area contributed by atoms with E-state index in [1.165, 1.54) is 61.2 Å². The summed E-state index contributed by atoms with van der Waals surface area (Å²) in [7, 11) is 0. The Balaban J connectivity index is 1.47. The van der Waals surface area contributed by atoms with Crippen LogP contribution in [0.25, 0.3) is 89.1 Å². The van der Waals surface area contributed by atoms with Crippen LogP contribution in [0.4, 0.5) is 0 Å². The summed E-state index contributed by atoms with van der Waals surface area (Å²) < 4.78 is 0. The van der Waals surface area contributed by atoms with Gasteiger partial charge in [-0.3, -0.25) is 4.98 Å². The molecule has 278 valence electrons. The minimum Gasteiger partial charge on any atom is -0.256 e. The van der Waals surface area contributed by atoms with Crippen LogP contribution in [-0.2, 0) is 6.42 Å². The summed E-state index contributed by atoms with van der Waals surface area (Å²) >= 11 is 0. The highest BCUT2D eigenvalue weighted by Crippen LogP contribution is 2.56. The van der Waals surface area contributed by atoms with Gasteiger partial charge in [-0.15, -0.1) is 0 Å². The van der Waals surface area contributed by atoms with Gasteiger partial charge in [-0.2, -0.15) is 0 Å². The van der Waals surface area contributed by atoms with Gasteiger partial charge in [0.05, 0.1) is 5.69 Å². The number of nitrogens with zero attached hydrogens (tertiary/aromatic N) is 1. The first-order valence-corrected chi connectivity index (χ1v) is 20.3. The maximum atomic E-state index is 5.03. The van der Waals surface area contributed by atoms with Crippen molar-refractivity contribution in [1.29, 1.82) is 0 Å². The molecular weight excluding hydrogens is 699 g/mol. The van der Waals surface area contributed by atoms with E-state index in [2.05, 4.69) is 226 Å². The molecule has 58 heavy (non-hydrogen) atoms. The summed E-state index contributed by atoms with van der Waals surface area (Å²) in [6.07, 6.45) is 3.06. The van der Waals surface area contributed by atoms with E-state index in [4.69, 9.17) is 4.98 Å². The monoisotopic (exact) mass is 743 g/mol. The van der Waals surface area contributed by atoms with Gasteiger partial charge in [0.15, 0.2) is 0 Å². The highest BCUT2D eigenvalue weighted by molar-refractivity contribution is 6.15. The van der Waals surface area contributed by atoms with Gasteiger partial charge in [-0.05, 0) is 114 Å². The van der Waals surface area contributed by atoms with Crippen molar-refractivity contribution in [3.8, 4) is 89.1 Å². The third kappa shape index (κ3) is 7.43. The highest BCUT2D eigenvalue weighted by Gasteiger charge is 2.29. The van der Waals surface area contributed by atoms with Gasteiger partial charge >= 0.3 is 0 Å². The molecule has 9 rings (SSSR count). The molecule has 0 bridgehead atoms. The van der Waals surface area contributed by atoms with Crippen molar-refractivity contribution in [2.45, 2.75) is 20.3 Å². The largest absolute Gasteiger partial charge is 0.256 e. The zero-order valence-electron chi connectivity index (χ0n) is 33.0. The van der Waals surface area contributed by atoms with Crippen LogP contribution >= 0.6 is 0 Å². The van der Waals surface area contributed by atoms with Crippen molar-refractivity contribution in [2.24, 2.45) is 5.92 Å². The van der Waals surface area contributed by atoms with E-state index in [0.29, 0.717) is 5.92 Å².